The number of ether oxygens (including phenoxy) is 2. The van der Waals surface area contributed by atoms with Crippen LogP contribution in [-0.4, -0.2) is 77.4 Å². The number of methoxy groups -OCH3 is 1. The Bertz CT molecular complexity index is 1200. The van der Waals surface area contributed by atoms with Crippen LogP contribution in [-0.2, 0) is 46.5 Å². The maximum atomic E-state index is 13.3. The lowest BCUT2D eigenvalue weighted by molar-refractivity contribution is -0.141. The van der Waals surface area contributed by atoms with Crippen molar-refractivity contribution in [2.24, 2.45) is 11.7 Å². The van der Waals surface area contributed by atoms with Crippen molar-refractivity contribution in [1.82, 2.24) is 31.2 Å². The van der Waals surface area contributed by atoms with Crippen LogP contribution in [0.15, 0.2) is 42.9 Å². The van der Waals surface area contributed by atoms with Gasteiger partial charge in [0.1, 0.15) is 31.3 Å². The summed E-state index contributed by atoms with van der Waals surface area (Å²) in [5, 5.41) is 9.78. The number of nitrogens with zero attached hydrogens (tertiary/aromatic N) is 1. The van der Waals surface area contributed by atoms with Gasteiger partial charge in [-0.3, -0.25) is 24.0 Å². The molecular formula is C27H37N7O8. The molecule has 0 bridgehead atoms. The van der Waals surface area contributed by atoms with Gasteiger partial charge in [0, 0.05) is 18.3 Å². The van der Waals surface area contributed by atoms with Gasteiger partial charge in [-0.15, -0.1) is 0 Å². The van der Waals surface area contributed by atoms with Crippen LogP contribution >= 0.6 is 0 Å². The van der Waals surface area contributed by atoms with Gasteiger partial charge < -0.3 is 41.5 Å². The molecule has 0 spiro atoms. The summed E-state index contributed by atoms with van der Waals surface area (Å²) in [6, 6.07) is 5.08. The van der Waals surface area contributed by atoms with Gasteiger partial charge in [-0.1, -0.05) is 44.2 Å². The van der Waals surface area contributed by atoms with Crippen molar-refractivity contribution >= 4 is 35.7 Å². The zero-order valence-electron chi connectivity index (χ0n) is 23.7. The molecule has 7 N–H and O–H groups in total. The third-order valence-corrected chi connectivity index (χ3v) is 5.81. The zero-order chi connectivity index (χ0) is 31.1. The van der Waals surface area contributed by atoms with Crippen molar-refractivity contribution in [3.05, 3.63) is 54.1 Å². The number of alkyl carbamates (subject to hydrolysis) is 1. The average Bonchev–Trinajstić information content (AvgIpc) is 3.46. The molecule has 0 aliphatic rings. The Labute approximate surface area is 242 Å². The second kappa shape index (κ2) is 17.0. The van der Waals surface area contributed by atoms with Gasteiger partial charge >= 0.3 is 12.1 Å². The van der Waals surface area contributed by atoms with E-state index >= 15 is 0 Å². The number of hydrogen-bond donors (Lipinski definition) is 6. The molecule has 42 heavy (non-hydrogen) atoms. The summed E-state index contributed by atoms with van der Waals surface area (Å²) in [4.78, 5) is 81.7. The predicted octanol–water partition coefficient (Wildman–Crippen LogP) is -0.572. The molecule has 0 saturated carbocycles. The fraction of sp³-hybridized carbons (Fsp3) is 0.444. The minimum atomic E-state index is -1.48. The van der Waals surface area contributed by atoms with E-state index in [0.717, 1.165) is 12.7 Å². The number of carbonyl (C=O) groups excluding carboxylic acids is 6. The molecule has 228 valence electrons. The van der Waals surface area contributed by atoms with Gasteiger partial charge in [-0.05, 0) is 17.9 Å². The molecule has 5 amide bonds. The Morgan fingerprint density at radius 1 is 0.929 bits per heavy atom. The first-order valence-corrected chi connectivity index (χ1v) is 13.2. The second-order valence-electron chi connectivity index (χ2n) is 9.76. The summed E-state index contributed by atoms with van der Waals surface area (Å²) in [6.45, 7) is 3.17. The number of hydrogen-bond acceptors (Lipinski definition) is 9. The molecule has 0 saturated heterocycles. The number of nitrogens with two attached hydrogens (primary N) is 1. The van der Waals surface area contributed by atoms with E-state index < -0.39 is 66.8 Å². The molecule has 2 aromatic rings. The second-order valence-corrected chi connectivity index (χ2v) is 9.76. The van der Waals surface area contributed by atoms with E-state index in [1.54, 1.807) is 24.3 Å². The molecule has 0 unspecified atom stereocenters. The fourth-order valence-corrected chi connectivity index (χ4v) is 3.75. The zero-order valence-corrected chi connectivity index (χ0v) is 23.7. The molecule has 0 aliphatic heterocycles. The molecule has 0 radical (unpaired) electrons. The number of esters is 1. The lowest BCUT2D eigenvalue weighted by Crippen LogP contribution is -2.58. The first kappa shape index (κ1) is 33.3. The van der Waals surface area contributed by atoms with E-state index in [1.807, 2.05) is 19.9 Å². The number of carbonyl (C=O) groups is 6. The fourth-order valence-electron chi connectivity index (χ4n) is 3.75. The molecule has 15 heteroatoms. The van der Waals surface area contributed by atoms with Gasteiger partial charge in [-0.25, -0.2) is 9.78 Å². The summed E-state index contributed by atoms with van der Waals surface area (Å²) in [6.07, 6.45) is 1.49. The van der Waals surface area contributed by atoms with E-state index in [2.05, 4.69) is 36.0 Å². The maximum absolute atomic E-state index is 13.3. The number of H-pyrrole nitrogens is 1. The Kier molecular flexibility index (Phi) is 13.5. The van der Waals surface area contributed by atoms with Crippen LogP contribution in [0.3, 0.4) is 0 Å². The largest absolute Gasteiger partial charge is 0.468 e. The normalized spacial score (nSPS) is 12.8. The van der Waals surface area contributed by atoms with Crippen LogP contribution in [0, 0.1) is 5.92 Å². The van der Waals surface area contributed by atoms with Crippen LogP contribution in [0.2, 0.25) is 0 Å². The van der Waals surface area contributed by atoms with E-state index in [4.69, 9.17) is 10.5 Å². The monoisotopic (exact) mass is 587 g/mol. The number of nitrogens with one attached hydrogen (secondary N) is 5. The Morgan fingerprint density at radius 2 is 1.60 bits per heavy atom. The van der Waals surface area contributed by atoms with Gasteiger partial charge in [0.25, 0.3) is 0 Å². The van der Waals surface area contributed by atoms with Crippen molar-refractivity contribution in [3.8, 4) is 0 Å². The van der Waals surface area contributed by atoms with E-state index in [9.17, 15) is 28.8 Å². The highest BCUT2D eigenvalue weighted by atomic mass is 16.5. The smallest absolute Gasteiger partial charge is 0.408 e. The number of aromatic amines is 1. The Hall–Kier alpha value is -4.95. The summed E-state index contributed by atoms with van der Waals surface area (Å²) in [7, 11) is 1.16. The third kappa shape index (κ3) is 12.1. The van der Waals surface area contributed by atoms with Crippen LogP contribution in [0.25, 0.3) is 0 Å². The van der Waals surface area contributed by atoms with Crippen molar-refractivity contribution in [2.75, 3.05) is 13.7 Å². The van der Waals surface area contributed by atoms with Gasteiger partial charge in [-0.2, -0.15) is 0 Å². The van der Waals surface area contributed by atoms with Crippen LogP contribution in [0.4, 0.5) is 4.79 Å². The topological polar surface area (TPSA) is 224 Å². The van der Waals surface area contributed by atoms with E-state index in [1.165, 1.54) is 12.5 Å². The average molecular weight is 588 g/mol. The Balaban J connectivity index is 2.15. The molecule has 1 aromatic heterocycles. The Morgan fingerprint density at radius 3 is 2.19 bits per heavy atom. The molecule has 0 fully saturated rings. The minimum absolute atomic E-state index is 0.0479. The van der Waals surface area contributed by atoms with Crippen LogP contribution in [0.1, 0.15) is 37.9 Å². The summed E-state index contributed by atoms with van der Waals surface area (Å²) >= 11 is 0. The molecule has 3 atom stereocenters. The quantitative estimate of drug-likeness (QED) is 0.138. The maximum Gasteiger partial charge on any atom is 0.408 e. The highest BCUT2D eigenvalue weighted by Crippen LogP contribution is 2.08. The molecular weight excluding hydrogens is 550 g/mol. The highest BCUT2D eigenvalue weighted by Gasteiger charge is 2.31. The molecule has 1 heterocycles. The lowest BCUT2D eigenvalue weighted by atomic mass is 10.0. The molecule has 2 rings (SSSR count). The predicted molar refractivity (Wildman–Crippen MR) is 148 cm³/mol. The van der Waals surface area contributed by atoms with Gasteiger partial charge in [0.2, 0.25) is 23.6 Å². The van der Waals surface area contributed by atoms with Crippen LogP contribution < -0.4 is 27.0 Å². The number of rotatable bonds is 16. The third-order valence-electron chi connectivity index (χ3n) is 5.81. The summed E-state index contributed by atoms with van der Waals surface area (Å²) in [5.41, 5.74) is 6.55. The molecule has 0 aliphatic carbocycles. The van der Waals surface area contributed by atoms with Crippen LogP contribution in [0.5, 0.6) is 0 Å². The van der Waals surface area contributed by atoms with Crippen molar-refractivity contribution in [3.63, 3.8) is 0 Å². The van der Waals surface area contributed by atoms with Gasteiger partial charge in [0.05, 0.1) is 19.9 Å². The number of primary amides is 1. The van der Waals surface area contributed by atoms with Gasteiger partial charge in [0.15, 0.2) is 0 Å². The lowest BCUT2D eigenvalue weighted by Gasteiger charge is -2.25. The highest BCUT2D eigenvalue weighted by molar-refractivity contribution is 5.96. The molecule has 15 nitrogen and oxygen atoms in total. The number of benzene rings is 1. The van der Waals surface area contributed by atoms with Crippen molar-refractivity contribution in [1.29, 1.82) is 0 Å². The first-order chi connectivity index (χ1) is 20.0. The summed E-state index contributed by atoms with van der Waals surface area (Å²) in [5.74, 6) is -3.98. The van der Waals surface area contributed by atoms with Crippen molar-refractivity contribution < 1.29 is 38.2 Å². The number of amides is 5. The minimum Gasteiger partial charge on any atom is -0.468 e. The SMILES string of the molecule is COC(=O)CNC(=O)[C@H](CC(C)C)NC(=O)[C@H](CC(N)=O)NC(=O)[C@H](Cc1cnc[nH]1)NC(=O)OCc1ccccc1. The first-order valence-electron chi connectivity index (χ1n) is 13.2. The number of imidazole rings is 1. The number of aromatic nitrogens is 2. The standard InChI is InChI=1S/C27H37N7O8/c1-16(2)9-19(24(37)30-13-23(36)41-3)32-26(39)21(11-22(28)35)33-25(38)20(10-18-12-29-15-31-18)34-27(40)42-14-17-7-5-4-6-8-17/h4-8,12,15-16,19-21H,9-11,13-14H2,1-3H3,(H2,28,35)(H,29,31)(H,30,37)(H,32,39)(H,33,38)(H,34,40)/t19-,20-,21-/m0/s1. The van der Waals surface area contributed by atoms with E-state index in [0.29, 0.717) is 5.69 Å². The molecule has 1 aromatic carbocycles. The van der Waals surface area contributed by atoms with Crippen molar-refractivity contribution in [2.45, 2.75) is 57.8 Å². The van der Waals surface area contributed by atoms with E-state index in [-0.39, 0.29) is 25.4 Å². The summed E-state index contributed by atoms with van der Waals surface area (Å²) < 4.78 is 9.73.